The molecule has 0 radical (unpaired) electrons. The minimum Gasteiger partial charge on any atom is -0.351 e. The molecule has 4 heteroatoms. The highest BCUT2D eigenvalue weighted by molar-refractivity contribution is 7.98. The van der Waals surface area contributed by atoms with E-state index in [0.717, 1.165) is 16.9 Å². The van der Waals surface area contributed by atoms with Gasteiger partial charge < -0.3 is 11.1 Å². The minimum atomic E-state index is -0.0436. The summed E-state index contributed by atoms with van der Waals surface area (Å²) in [5.41, 5.74) is 7.79. The maximum atomic E-state index is 12.0. The lowest BCUT2D eigenvalue weighted by Crippen LogP contribution is -2.26. The summed E-state index contributed by atoms with van der Waals surface area (Å²) in [4.78, 5) is 12.0. The lowest BCUT2D eigenvalue weighted by molar-refractivity contribution is 0.0955. The molecule has 3 nitrogen and oxygen atoms in total. The van der Waals surface area contributed by atoms with Crippen LogP contribution in [0.2, 0.25) is 0 Å². The summed E-state index contributed by atoms with van der Waals surface area (Å²) in [6.07, 6.45) is 2.01. The zero-order valence-corrected chi connectivity index (χ0v) is 11.6. The zero-order valence-electron chi connectivity index (χ0n) is 10.7. The van der Waals surface area contributed by atoms with E-state index in [1.807, 2.05) is 31.4 Å². The Morgan fingerprint density at radius 2 is 2.28 bits per heavy atom. The van der Waals surface area contributed by atoms with Crippen LogP contribution >= 0.6 is 11.8 Å². The Bertz CT molecular complexity index is 474. The van der Waals surface area contributed by atoms with Crippen LogP contribution in [-0.4, -0.2) is 31.0 Å². The molecule has 0 heterocycles. The van der Waals surface area contributed by atoms with Gasteiger partial charge in [-0.15, -0.1) is 0 Å². The van der Waals surface area contributed by atoms with Crippen molar-refractivity contribution in [2.45, 2.75) is 6.92 Å². The molecule has 0 aromatic heterocycles. The van der Waals surface area contributed by atoms with Crippen molar-refractivity contribution in [3.8, 4) is 11.8 Å². The number of hydrogen-bond acceptors (Lipinski definition) is 3. The Morgan fingerprint density at radius 1 is 1.50 bits per heavy atom. The monoisotopic (exact) mass is 262 g/mol. The largest absolute Gasteiger partial charge is 0.351 e. The van der Waals surface area contributed by atoms with Gasteiger partial charge in [0.2, 0.25) is 0 Å². The molecule has 0 fully saturated rings. The van der Waals surface area contributed by atoms with Gasteiger partial charge in [-0.05, 0) is 30.9 Å². The van der Waals surface area contributed by atoms with Gasteiger partial charge in [0.15, 0.2) is 0 Å². The summed E-state index contributed by atoms with van der Waals surface area (Å²) in [5, 5.41) is 2.89. The van der Waals surface area contributed by atoms with Gasteiger partial charge >= 0.3 is 0 Å². The van der Waals surface area contributed by atoms with E-state index in [-0.39, 0.29) is 5.91 Å². The van der Waals surface area contributed by atoms with Crippen LogP contribution in [-0.2, 0) is 0 Å². The van der Waals surface area contributed by atoms with Crippen molar-refractivity contribution in [3.63, 3.8) is 0 Å². The maximum Gasteiger partial charge on any atom is 0.251 e. The predicted octanol–water partition coefficient (Wildman–Crippen LogP) is 1.40. The summed E-state index contributed by atoms with van der Waals surface area (Å²) in [7, 11) is 0. The lowest BCUT2D eigenvalue weighted by Gasteiger charge is -2.08. The van der Waals surface area contributed by atoms with Crippen LogP contribution in [0.25, 0.3) is 0 Å². The molecule has 0 aliphatic heterocycles. The molecule has 0 bridgehead atoms. The van der Waals surface area contributed by atoms with E-state index in [1.165, 1.54) is 0 Å². The first kappa shape index (κ1) is 14.6. The van der Waals surface area contributed by atoms with Gasteiger partial charge in [0.25, 0.3) is 5.91 Å². The Labute approximate surface area is 113 Å². The number of carbonyl (C=O) groups excluding carboxylic acids is 1. The summed E-state index contributed by atoms with van der Waals surface area (Å²) in [6, 6.07) is 5.56. The van der Waals surface area contributed by atoms with Crippen molar-refractivity contribution in [1.29, 1.82) is 0 Å². The summed E-state index contributed by atoms with van der Waals surface area (Å²) >= 11 is 1.71. The quantitative estimate of drug-likeness (QED) is 0.637. The van der Waals surface area contributed by atoms with Crippen LogP contribution < -0.4 is 11.1 Å². The van der Waals surface area contributed by atoms with Crippen LogP contribution in [0.5, 0.6) is 0 Å². The molecule has 0 aliphatic rings. The molecule has 0 atom stereocenters. The number of carbonyl (C=O) groups is 1. The number of hydrogen-bond donors (Lipinski definition) is 2. The van der Waals surface area contributed by atoms with Crippen LogP contribution in [0.4, 0.5) is 0 Å². The standard InChI is InChI=1S/C14H18N2OS/c1-11-12(6-4-8-15)5-3-7-13(11)14(17)16-9-10-18-2/h3,5,7H,8-10,15H2,1-2H3,(H,16,17). The topological polar surface area (TPSA) is 55.1 Å². The second kappa shape index (κ2) is 7.80. The normalized spacial score (nSPS) is 9.50. The first-order valence-corrected chi connectivity index (χ1v) is 7.15. The fourth-order valence-corrected chi connectivity index (χ4v) is 1.83. The average Bonchev–Trinajstić information content (AvgIpc) is 2.37. The van der Waals surface area contributed by atoms with Crippen molar-refractivity contribution in [2.24, 2.45) is 5.73 Å². The van der Waals surface area contributed by atoms with Crippen molar-refractivity contribution < 1.29 is 4.79 Å². The van der Waals surface area contributed by atoms with Gasteiger partial charge in [0.05, 0.1) is 6.54 Å². The SMILES string of the molecule is CSCCNC(=O)c1cccc(C#CCN)c1C. The third kappa shape index (κ3) is 4.10. The van der Waals surface area contributed by atoms with E-state index in [4.69, 9.17) is 5.73 Å². The minimum absolute atomic E-state index is 0.0436. The second-order valence-corrected chi connectivity index (χ2v) is 4.72. The molecular weight excluding hydrogens is 244 g/mol. The number of nitrogens with one attached hydrogen (secondary N) is 1. The Morgan fingerprint density at radius 3 is 2.94 bits per heavy atom. The van der Waals surface area contributed by atoms with E-state index >= 15 is 0 Å². The molecule has 1 aromatic carbocycles. The molecule has 0 aliphatic carbocycles. The Kier molecular flexibility index (Phi) is 6.34. The first-order chi connectivity index (χ1) is 8.70. The van der Waals surface area contributed by atoms with Crippen LogP contribution in [0.1, 0.15) is 21.5 Å². The fourth-order valence-electron chi connectivity index (χ4n) is 1.53. The second-order valence-electron chi connectivity index (χ2n) is 3.73. The molecule has 3 N–H and O–H groups in total. The van der Waals surface area contributed by atoms with E-state index in [1.54, 1.807) is 11.8 Å². The van der Waals surface area contributed by atoms with Crippen molar-refractivity contribution in [2.75, 3.05) is 25.1 Å². The van der Waals surface area contributed by atoms with Crippen LogP contribution in [0.15, 0.2) is 18.2 Å². The molecule has 1 aromatic rings. The van der Waals surface area contributed by atoms with Gasteiger partial charge in [0.1, 0.15) is 0 Å². The molecule has 0 unspecified atom stereocenters. The lowest BCUT2D eigenvalue weighted by atomic mass is 10.0. The van der Waals surface area contributed by atoms with Gasteiger partial charge in [-0.1, -0.05) is 17.9 Å². The highest BCUT2D eigenvalue weighted by Crippen LogP contribution is 2.12. The van der Waals surface area contributed by atoms with Gasteiger partial charge in [0, 0.05) is 23.4 Å². The van der Waals surface area contributed by atoms with Gasteiger partial charge in [-0.3, -0.25) is 4.79 Å². The van der Waals surface area contributed by atoms with E-state index in [9.17, 15) is 4.79 Å². The van der Waals surface area contributed by atoms with Gasteiger partial charge in [-0.2, -0.15) is 11.8 Å². The third-order valence-corrected chi connectivity index (χ3v) is 3.11. The zero-order chi connectivity index (χ0) is 13.4. The molecule has 1 amide bonds. The average molecular weight is 262 g/mol. The van der Waals surface area contributed by atoms with Crippen LogP contribution in [0.3, 0.4) is 0 Å². The third-order valence-electron chi connectivity index (χ3n) is 2.50. The number of benzene rings is 1. The summed E-state index contributed by atoms with van der Waals surface area (Å²) in [6.45, 7) is 2.91. The van der Waals surface area contributed by atoms with E-state index in [0.29, 0.717) is 18.7 Å². The number of thioether (sulfide) groups is 1. The first-order valence-electron chi connectivity index (χ1n) is 5.76. The van der Waals surface area contributed by atoms with Crippen molar-refractivity contribution >= 4 is 17.7 Å². The summed E-state index contributed by atoms with van der Waals surface area (Å²) < 4.78 is 0. The summed E-state index contributed by atoms with van der Waals surface area (Å²) in [5.74, 6) is 6.65. The Hall–Kier alpha value is -1.44. The van der Waals surface area contributed by atoms with Gasteiger partial charge in [-0.25, -0.2) is 0 Å². The molecule has 0 saturated heterocycles. The molecule has 18 heavy (non-hydrogen) atoms. The molecule has 0 spiro atoms. The fraction of sp³-hybridized carbons (Fsp3) is 0.357. The van der Waals surface area contributed by atoms with Crippen molar-refractivity contribution in [3.05, 3.63) is 34.9 Å². The molecule has 1 rings (SSSR count). The highest BCUT2D eigenvalue weighted by atomic mass is 32.2. The Balaban J connectivity index is 2.86. The van der Waals surface area contributed by atoms with E-state index in [2.05, 4.69) is 17.2 Å². The van der Waals surface area contributed by atoms with Crippen molar-refractivity contribution in [1.82, 2.24) is 5.32 Å². The number of amides is 1. The number of rotatable bonds is 4. The maximum absolute atomic E-state index is 12.0. The number of nitrogens with two attached hydrogens (primary N) is 1. The van der Waals surface area contributed by atoms with E-state index < -0.39 is 0 Å². The molecular formula is C14H18N2OS. The molecule has 0 saturated carbocycles. The van der Waals surface area contributed by atoms with Crippen LogP contribution in [0, 0.1) is 18.8 Å². The highest BCUT2D eigenvalue weighted by Gasteiger charge is 2.09. The predicted molar refractivity (Wildman–Crippen MR) is 77.8 cm³/mol. The molecule has 96 valence electrons. The smallest absolute Gasteiger partial charge is 0.251 e.